The quantitative estimate of drug-likeness (QED) is 0.707. The second kappa shape index (κ2) is 4.76. The molecule has 2 aliphatic rings. The molecule has 0 bridgehead atoms. The summed E-state index contributed by atoms with van der Waals surface area (Å²) in [5.41, 5.74) is -0.993. The van der Waals surface area contributed by atoms with Crippen LogP contribution in [0.2, 0.25) is 0 Å². The molecule has 2 rings (SSSR count). The molecule has 0 aromatic carbocycles. The molecule has 88 valence electrons. The highest BCUT2D eigenvalue weighted by Gasteiger charge is 2.34. The Kier molecular flexibility index (Phi) is 3.59. The van der Waals surface area contributed by atoms with Crippen LogP contribution in [0, 0.1) is 0 Å². The molecule has 0 atom stereocenters. The average Bonchev–Trinajstić information content (AvgIpc) is 2.22. The van der Waals surface area contributed by atoms with E-state index in [0.717, 1.165) is 39.0 Å². The topological polar surface area (TPSA) is 35.5 Å². The van der Waals surface area contributed by atoms with Crippen molar-refractivity contribution in [2.75, 3.05) is 32.7 Å². The van der Waals surface area contributed by atoms with Crippen LogP contribution >= 0.6 is 0 Å². The number of nitrogens with zero attached hydrogens (tertiary/aromatic N) is 1. The molecule has 2 N–H and O–H groups in total. The molecule has 3 nitrogen and oxygen atoms in total. The van der Waals surface area contributed by atoms with Gasteiger partial charge in [-0.15, -0.1) is 0 Å². The van der Waals surface area contributed by atoms with E-state index in [9.17, 15) is 9.50 Å². The van der Waals surface area contributed by atoms with Gasteiger partial charge >= 0.3 is 0 Å². The van der Waals surface area contributed by atoms with Crippen molar-refractivity contribution in [2.24, 2.45) is 0 Å². The van der Waals surface area contributed by atoms with Gasteiger partial charge in [0, 0.05) is 19.6 Å². The first kappa shape index (κ1) is 11.3. The Morgan fingerprint density at radius 2 is 1.87 bits per heavy atom. The summed E-state index contributed by atoms with van der Waals surface area (Å²) in [6.45, 7) is 3.85. The average molecular weight is 216 g/mol. The van der Waals surface area contributed by atoms with Crippen molar-refractivity contribution in [1.82, 2.24) is 10.2 Å². The summed E-state index contributed by atoms with van der Waals surface area (Å²) in [5, 5.41) is 12.6. The summed E-state index contributed by atoms with van der Waals surface area (Å²) in [5.74, 6) is 0. The highest BCUT2D eigenvalue weighted by Crippen LogP contribution is 2.25. The zero-order valence-electron chi connectivity index (χ0n) is 9.21. The first-order valence-electron chi connectivity index (χ1n) is 5.98. The third-order valence-electron chi connectivity index (χ3n) is 3.56. The van der Waals surface area contributed by atoms with Crippen LogP contribution in [0.25, 0.3) is 0 Å². The van der Waals surface area contributed by atoms with Crippen molar-refractivity contribution in [2.45, 2.75) is 37.5 Å². The van der Waals surface area contributed by atoms with Crippen LogP contribution in [0.3, 0.4) is 0 Å². The molecular formula is C11H21FN2O. The molecule has 0 spiro atoms. The molecule has 2 saturated heterocycles. The highest BCUT2D eigenvalue weighted by atomic mass is 19.1. The predicted molar refractivity (Wildman–Crippen MR) is 57.6 cm³/mol. The minimum absolute atomic E-state index is 0.162. The maximum absolute atomic E-state index is 14.3. The van der Waals surface area contributed by atoms with Gasteiger partial charge in [0.1, 0.15) is 5.67 Å². The fraction of sp³-hybridized carbons (Fsp3) is 1.00. The van der Waals surface area contributed by atoms with Crippen LogP contribution < -0.4 is 5.32 Å². The molecular weight excluding hydrogens is 195 g/mol. The standard InChI is InChI=1S/C11H21FN2O/c12-11(3-5-13-6-4-11)9-14-7-1-10(15)2-8-14/h10,13,15H,1-9H2. The summed E-state index contributed by atoms with van der Waals surface area (Å²) >= 11 is 0. The smallest absolute Gasteiger partial charge is 0.126 e. The van der Waals surface area contributed by atoms with Gasteiger partial charge in [-0.05, 0) is 38.8 Å². The first-order chi connectivity index (χ1) is 7.18. The molecule has 0 aromatic heterocycles. The number of aliphatic hydroxyl groups is 1. The Balaban J connectivity index is 1.80. The van der Waals surface area contributed by atoms with Gasteiger partial charge in [0.25, 0.3) is 0 Å². The van der Waals surface area contributed by atoms with Crippen LogP contribution in [0.5, 0.6) is 0 Å². The zero-order valence-corrected chi connectivity index (χ0v) is 9.21. The number of rotatable bonds is 2. The van der Waals surface area contributed by atoms with E-state index in [1.807, 2.05) is 0 Å². The number of aliphatic hydroxyl groups excluding tert-OH is 1. The van der Waals surface area contributed by atoms with Crippen LogP contribution in [0.4, 0.5) is 4.39 Å². The molecule has 4 heteroatoms. The van der Waals surface area contributed by atoms with Gasteiger partial charge in [0.05, 0.1) is 6.10 Å². The van der Waals surface area contributed by atoms with Gasteiger partial charge in [-0.1, -0.05) is 0 Å². The van der Waals surface area contributed by atoms with Crippen molar-refractivity contribution in [1.29, 1.82) is 0 Å². The van der Waals surface area contributed by atoms with Gasteiger partial charge in [-0.25, -0.2) is 4.39 Å². The van der Waals surface area contributed by atoms with Crippen molar-refractivity contribution in [3.63, 3.8) is 0 Å². The molecule has 0 aromatic rings. The molecule has 2 aliphatic heterocycles. The molecule has 2 fully saturated rings. The number of hydrogen-bond acceptors (Lipinski definition) is 3. The Morgan fingerprint density at radius 1 is 1.27 bits per heavy atom. The summed E-state index contributed by atoms with van der Waals surface area (Å²) < 4.78 is 14.3. The summed E-state index contributed by atoms with van der Waals surface area (Å²) in [4.78, 5) is 2.16. The van der Waals surface area contributed by atoms with Crippen molar-refractivity contribution in [3.05, 3.63) is 0 Å². The number of hydrogen-bond donors (Lipinski definition) is 2. The largest absolute Gasteiger partial charge is 0.393 e. The third-order valence-corrected chi connectivity index (χ3v) is 3.56. The first-order valence-corrected chi connectivity index (χ1v) is 5.98. The molecule has 0 radical (unpaired) electrons. The fourth-order valence-electron chi connectivity index (χ4n) is 2.51. The van der Waals surface area contributed by atoms with E-state index in [0.29, 0.717) is 19.4 Å². The second-order valence-corrected chi connectivity index (χ2v) is 4.91. The minimum Gasteiger partial charge on any atom is -0.393 e. The highest BCUT2D eigenvalue weighted by molar-refractivity contribution is 4.89. The van der Waals surface area contributed by atoms with Crippen molar-refractivity contribution >= 4 is 0 Å². The molecule has 0 saturated carbocycles. The lowest BCUT2D eigenvalue weighted by Crippen LogP contribution is -2.49. The van der Waals surface area contributed by atoms with Gasteiger partial charge in [0.2, 0.25) is 0 Å². The Hall–Kier alpha value is -0.190. The number of piperidine rings is 2. The van der Waals surface area contributed by atoms with Crippen LogP contribution in [0.1, 0.15) is 25.7 Å². The minimum atomic E-state index is -0.993. The molecule has 15 heavy (non-hydrogen) atoms. The van der Waals surface area contributed by atoms with Crippen molar-refractivity contribution < 1.29 is 9.50 Å². The van der Waals surface area contributed by atoms with E-state index in [4.69, 9.17) is 0 Å². The van der Waals surface area contributed by atoms with Crippen molar-refractivity contribution in [3.8, 4) is 0 Å². The molecule has 2 heterocycles. The zero-order chi connectivity index (χ0) is 10.7. The van der Waals surface area contributed by atoms with Crippen LogP contribution in [0.15, 0.2) is 0 Å². The lowest BCUT2D eigenvalue weighted by Gasteiger charge is -2.37. The predicted octanol–water partition coefficient (Wildman–Crippen LogP) is 0.535. The number of likely N-dealkylation sites (tertiary alicyclic amines) is 1. The Labute approximate surface area is 90.6 Å². The van der Waals surface area contributed by atoms with E-state index in [2.05, 4.69) is 10.2 Å². The SMILES string of the molecule is OC1CCN(CC2(F)CCNCC2)CC1. The molecule has 0 amide bonds. The number of halogens is 1. The van der Waals surface area contributed by atoms with E-state index in [1.165, 1.54) is 0 Å². The molecule has 0 aliphatic carbocycles. The summed E-state index contributed by atoms with van der Waals surface area (Å²) in [6.07, 6.45) is 2.70. The number of nitrogens with one attached hydrogen (secondary N) is 1. The number of alkyl halides is 1. The molecule has 0 unspecified atom stereocenters. The summed E-state index contributed by atoms with van der Waals surface area (Å²) in [7, 11) is 0. The van der Waals surface area contributed by atoms with Crippen LogP contribution in [-0.4, -0.2) is 54.5 Å². The Morgan fingerprint density at radius 3 is 2.47 bits per heavy atom. The van der Waals surface area contributed by atoms with Gasteiger partial charge in [-0.2, -0.15) is 0 Å². The second-order valence-electron chi connectivity index (χ2n) is 4.91. The maximum atomic E-state index is 14.3. The normalized spacial score (nSPS) is 29.2. The van der Waals surface area contributed by atoms with E-state index in [-0.39, 0.29) is 6.10 Å². The van der Waals surface area contributed by atoms with E-state index < -0.39 is 5.67 Å². The van der Waals surface area contributed by atoms with E-state index in [1.54, 1.807) is 0 Å². The van der Waals surface area contributed by atoms with Gasteiger partial charge in [0.15, 0.2) is 0 Å². The summed E-state index contributed by atoms with van der Waals surface area (Å²) in [6, 6.07) is 0. The Bertz CT molecular complexity index is 199. The lowest BCUT2D eigenvalue weighted by atomic mass is 9.93. The van der Waals surface area contributed by atoms with Gasteiger partial charge in [-0.3, -0.25) is 4.90 Å². The van der Waals surface area contributed by atoms with Crippen LogP contribution in [-0.2, 0) is 0 Å². The maximum Gasteiger partial charge on any atom is 0.126 e. The van der Waals surface area contributed by atoms with Gasteiger partial charge < -0.3 is 10.4 Å². The third kappa shape index (κ3) is 3.13. The monoisotopic (exact) mass is 216 g/mol. The van der Waals surface area contributed by atoms with E-state index >= 15 is 0 Å². The fourth-order valence-corrected chi connectivity index (χ4v) is 2.51. The lowest BCUT2D eigenvalue weighted by molar-refractivity contribution is 0.0247.